The van der Waals surface area contributed by atoms with Crippen molar-refractivity contribution in [3.8, 4) is 17.0 Å². The number of rotatable bonds is 6. The van der Waals surface area contributed by atoms with E-state index >= 15 is 0 Å². The van der Waals surface area contributed by atoms with Crippen LogP contribution >= 0.6 is 0 Å². The number of likely N-dealkylation sites (N-methyl/N-ethyl adjacent to an activating group) is 1. The minimum absolute atomic E-state index is 0.0948. The number of aliphatic hydroxyl groups excluding tert-OH is 1. The average Bonchev–Trinajstić information content (AvgIpc) is 3.39. The Kier molecular flexibility index (Phi) is 7.85. The second-order valence-electron chi connectivity index (χ2n) is 9.75. The van der Waals surface area contributed by atoms with Gasteiger partial charge in [0.1, 0.15) is 11.7 Å². The highest BCUT2D eigenvalue weighted by Crippen LogP contribution is 2.30. The number of carbonyl (C=O) groups excluding carboxylic acids is 2. The third-order valence-electron chi connectivity index (χ3n) is 7.00. The Labute approximate surface area is 206 Å². The van der Waals surface area contributed by atoms with Crippen molar-refractivity contribution in [1.29, 1.82) is 0 Å². The summed E-state index contributed by atoms with van der Waals surface area (Å²) in [5, 5.41) is 13.0. The fraction of sp³-hybridized carbons (Fsp3) is 0.538. The first-order chi connectivity index (χ1) is 16.9. The minimum atomic E-state index is -0.383. The number of aromatic nitrogens is 2. The minimum Gasteiger partial charge on any atom is -0.472 e. The van der Waals surface area contributed by atoms with Gasteiger partial charge in [0, 0.05) is 55.3 Å². The first-order valence-electron chi connectivity index (χ1n) is 12.4. The van der Waals surface area contributed by atoms with Crippen LogP contribution in [0.4, 0.5) is 4.79 Å². The normalized spacial score (nSPS) is 21.5. The van der Waals surface area contributed by atoms with Crippen LogP contribution in [0.1, 0.15) is 49.9 Å². The van der Waals surface area contributed by atoms with E-state index in [1.165, 1.54) is 0 Å². The number of ether oxygens (including phenoxy) is 1. The molecule has 2 aromatic heterocycles. The molecule has 35 heavy (non-hydrogen) atoms. The maximum atomic E-state index is 13.6. The fourth-order valence-electron chi connectivity index (χ4n) is 4.72. The molecular formula is C26H35N5O4. The number of nitrogens with zero attached hydrogens (tertiary/aromatic N) is 4. The van der Waals surface area contributed by atoms with E-state index in [0.717, 1.165) is 36.8 Å². The van der Waals surface area contributed by atoms with Gasteiger partial charge in [0.15, 0.2) is 0 Å². The average molecular weight is 482 g/mol. The van der Waals surface area contributed by atoms with E-state index < -0.39 is 0 Å². The number of nitrogens with one attached hydrogen (secondary N) is 1. The van der Waals surface area contributed by atoms with Crippen molar-refractivity contribution >= 4 is 11.9 Å². The van der Waals surface area contributed by atoms with E-state index in [-0.39, 0.29) is 48.5 Å². The van der Waals surface area contributed by atoms with Crippen LogP contribution in [0, 0.1) is 5.92 Å². The van der Waals surface area contributed by atoms with Gasteiger partial charge in [0.25, 0.3) is 5.91 Å². The van der Waals surface area contributed by atoms with Crippen molar-refractivity contribution in [1.82, 2.24) is 25.1 Å². The van der Waals surface area contributed by atoms with E-state index in [1.807, 2.05) is 26.0 Å². The number of aliphatic hydroxyl groups is 1. The van der Waals surface area contributed by atoms with Gasteiger partial charge in [0.2, 0.25) is 5.88 Å². The van der Waals surface area contributed by atoms with Gasteiger partial charge in [-0.2, -0.15) is 0 Å². The Morgan fingerprint density at radius 1 is 1.31 bits per heavy atom. The topological polar surface area (TPSA) is 108 Å². The number of amides is 3. The monoisotopic (exact) mass is 481 g/mol. The van der Waals surface area contributed by atoms with Crippen molar-refractivity contribution in [2.75, 3.05) is 26.7 Å². The molecule has 4 rings (SSSR count). The lowest BCUT2D eigenvalue weighted by atomic mass is 9.99. The van der Waals surface area contributed by atoms with Gasteiger partial charge in [-0.3, -0.25) is 9.78 Å². The molecule has 1 aliphatic heterocycles. The summed E-state index contributed by atoms with van der Waals surface area (Å²) in [4.78, 5) is 38.3. The van der Waals surface area contributed by atoms with E-state index in [0.29, 0.717) is 18.7 Å². The molecule has 9 heteroatoms. The maximum absolute atomic E-state index is 13.6. The zero-order valence-electron chi connectivity index (χ0n) is 20.7. The molecule has 2 N–H and O–H groups in total. The van der Waals surface area contributed by atoms with Crippen LogP contribution < -0.4 is 10.1 Å². The molecule has 1 fully saturated rings. The van der Waals surface area contributed by atoms with E-state index in [9.17, 15) is 14.7 Å². The number of carbonyl (C=O) groups is 2. The molecule has 0 unspecified atom stereocenters. The van der Waals surface area contributed by atoms with Crippen molar-refractivity contribution in [2.45, 2.75) is 57.7 Å². The number of urea groups is 1. The number of pyridine rings is 2. The molecule has 1 saturated carbocycles. The standard InChI is InChI=1S/C26H35N5O4/c1-17-14-31(18(2)16-32)25(33)22-11-20(19-7-6-10-27-12-19)13-28-24(22)35-23(17)15-30(3)26(34)29-21-8-4-5-9-21/h6-7,10-13,17-18,21,23,32H,4-5,8-9,14-16H2,1-3H3,(H,29,34)/t17-,18+,23+/m1/s1. The summed E-state index contributed by atoms with van der Waals surface area (Å²) in [6.45, 7) is 4.40. The second-order valence-corrected chi connectivity index (χ2v) is 9.75. The Morgan fingerprint density at radius 2 is 2.09 bits per heavy atom. The summed E-state index contributed by atoms with van der Waals surface area (Å²) in [5.41, 5.74) is 1.93. The molecule has 0 aromatic carbocycles. The summed E-state index contributed by atoms with van der Waals surface area (Å²) in [5.74, 6) is -0.0982. The lowest BCUT2D eigenvalue weighted by Gasteiger charge is -2.37. The second kappa shape index (κ2) is 11.0. The first kappa shape index (κ1) is 24.9. The predicted octanol–water partition coefficient (Wildman–Crippen LogP) is 2.95. The van der Waals surface area contributed by atoms with Crippen molar-refractivity contribution in [3.05, 3.63) is 42.4 Å². The largest absolute Gasteiger partial charge is 0.472 e. The Morgan fingerprint density at radius 3 is 2.77 bits per heavy atom. The molecule has 0 radical (unpaired) electrons. The van der Waals surface area contributed by atoms with Gasteiger partial charge in [-0.05, 0) is 31.9 Å². The molecule has 0 bridgehead atoms. The highest BCUT2D eigenvalue weighted by atomic mass is 16.5. The molecular weight excluding hydrogens is 446 g/mol. The van der Waals surface area contributed by atoms with Gasteiger partial charge in [0.05, 0.1) is 19.2 Å². The van der Waals surface area contributed by atoms with Crippen molar-refractivity contribution in [2.24, 2.45) is 5.92 Å². The Bertz CT molecular complexity index is 1030. The SMILES string of the molecule is C[C@@H]1CN([C@@H](C)CO)C(=O)c2cc(-c3cccnc3)cnc2O[C@H]1CN(C)C(=O)NC1CCCC1. The molecule has 9 nitrogen and oxygen atoms in total. The molecule has 3 heterocycles. The van der Waals surface area contributed by atoms with Gasteiger partial charge in [-0.25, -0.2) is 9.78 Å². The molecule has 3 atom stereocenters. The quantitative estimate of drug-likeness (QED) is 0.657. The number of hydrogen-bond acceptors (Lipinski definition) is 6. The highest BCUT2D eigenvalue weighted by Gasteiger charge is 2.35. The third-order valence-corrected chi connectivity index (χ3v) is 7.00. The van der Waals surface area contributed by atoms with E-state index in [2.05, 4.69) is 15.3 Å². The molecule has 2 aromatic rings. The summed E-state index contributed by atoms with van der Waals surface area (Å²) in [6, 6.07) is 5.24. The lowest BCUT2D eigenvalue weighted by molar-refractivity contribution is 0.0351. The zero-order chi connectivity index (χ0) is 24.9. The van der Waals surface area contributed by atoms with Crippen LogP contribution in [0.25, 0.3) is 11.1 Å². The predicted molar refractivity (Wildman–Crippen MR) is 132 cm³/mol. The fourth-order valence-corrected chi connectivity index (χ4v) is 4.72. The Hall–Kier alpha value is -3.20. The van der Waals surface area contributed by atoms with E-state index in [1.54, 1.807) is 41.5 Å². The van der Waals surface area contributed by atoms with Crippen LogP contribution in [0.3, 0.4) is 0 Å². The van der Waals surface area contributed by atoms with Gasteiger partial charge in [-0.15, -0.1) is 0 Å². The van der Waals surface area contributed by atoms with Crippen LogP contribution in [0.2, 0.25) is 0 Å². The van der Waals surface area contributed by atoms with E-state index in [4.69, 9.17) is 4.74 Å². The molecule has 188 valence electrons. The third kappa shape index (κ3) is 5.73. The van der Waals surface area contributed by atoms with Crippen LogP contribution in [0.15, 0.2) is 36.8 Å². The lowest BCUT2D eigenvalue weighted by Crippen LogP contribution is -2.52. The summed E-state index contributed by atoms with van der Waals surface area (Å²) in [6.07, 6.45) is 9.02. The molecule has 2 aliphatic rings. The molecule has 1 aliphatic carbocycles. The van der Waals surface area contributed by atoms with Crippen molar-refractivity contribution < 1.29 is 19.4 Å². The van der Waals surface area contributed by atoms with Gasteiger partial charge in [-0.1, -0.05) is 25.8 Å². The molecule has 0 spiro atoms. The zero-order valence-corrected chi connectivity index (χ0v) is 20.7. The van der Waals surface area contributed by atoms with Gasteiger partial charge >= 0.3 is 6.03 Å². The Balaban J connectivity index is 1.61. The highest BCUT2D eigenvalue weighted by molar-refractivity contribution is 5.98. The number of fused-ring (bicyclic) bond motifs is 1. The van der Waals surface area contributed by atoms with Crippen LogP contribution in [-0.4, -0.2) is 81.7 Å². The van der Waals surface area contributed by atoms with Crippen molar-refractivity contribution in [3.63, 3.8) is 0 Å². The summed E-state index contributed by atoms with van der Waals surface area (Å²) in [7, 11) is 1.76. The first-order valence-corrected chi connectivity index (χ1v) is 12.4. The number of hydrogen-bond donors (Lipinski definition) is 2. The molecule has 0 saturated heterocycles. The smallest absolute Gasteiger partial charge is 0.317 e. The van der Waals surface area contributed by atoms with Gasteiger partial charge < -0.3 is 25.0 Å². The summed E-state index contributed by atoms with van der Waals surface area (Å²) < 4.78 is 6.30. The molecule has 3 amide bonds. The van der Waals surface area contributed by atoms with Crippen LogP contribution in [-0.2, 0) is 0 Å². The maximum Gasteiger partial charge on any atom is 0.317 e. The van der Waals surface area contributed by atoms with Crippen LogP contribution in [0.5, 0.6) is 5.88 Å². The summed E-state index contributed by atoms with van der Waals surface area (Å²) >= 11 is 0.